The number of nitrogens with one attached hydrogen (secondary N) is 2. The number of halogens is 4. The molecule has 0 amide bonds. The van der Waals surface area contributed by atoms with Crippen molar-refractivity contribution >= 4 is 90.5 Å². The molecular weight excluding hydrogens is 835 g/mol. The monoisotopic (exact) mass is 847 g/mol. The van der Waals surface area contributed by atoms with Gasteiger partial charge in [0.1, 0.15) is 22.6 Å². The van der Waals surface area contributed by atoms with Gasteiger partial charge in [0, 0.05) is 55.4 Å². The third kappa shape index (κ3) is 4.26. The second-order valence-electron chi connectivity index (χ2n) is 10.3. The second-order valence-corrected chi connectivity index (χ2v) is 11.8. The molecule has 0 fully saturated rings. The predicted octanol–water partition coefficient (Wildman–Crippen LogP) is 9.48. The van der Waals surface area contributed by atoms with E-state index in [-0.39, 0.29) is 42.5 Å². The zero-order chi connectivity index (χ0) is 29.7. The van der Waals surface area contributed by atoms with E-state index in [4.69, 9.17) is 76.3 Å². The van der Waals surface area contributed by atoms with Crippen molar-refractivity contribution in [2.75, 3.05) is 0 Å². The van der Waals surface area contributed by atoms with Crippen molar-refractivity contribution in [1.82, 2.24) is 39.9 Å². The minimum absolute atomic E-state index is 0. The van der Waals surface area contributed by atoms with Crippen LogP contribution in [0.15, 0.2) is 72.8 Å². The van der Waals surface area contributed by atoms with E-state index >= 15 is 0 Å². The van der Waals surface area contributed by atoms with E-state index in [1.54, 1.807) is 0 Å². The van der Waals surface area contributed by atoms with E-state index < -0.39 is 0 Å². The molecule has 2 aliphatic heterocycles. The van der Waals surface area contributed by atoms with Crippen molar-refractivity contribution in [3.8, 4) is 45.6 Å². The van der Waals surface area contributed by atoms with Crippen LogP contribution in [0.1, 0.15) is 0 Å². The van der Waals surface area contributed by atoms with Crippen LogP contribution in [-0.2, 0) is 22.4 Å². The summed E-state index contributed by atoms with van der Waals surface area (Å²) in [4.78, 5) is 36.3. The number of fused-ring (bicyclic) bond motifs is 20. The van der Waals surface area contributed by atoms with Gasteiger partial charge in [-0.1, -0.05) is 119 Å². The maximum absolute atomic E-state index is 6.80. The zero-order valence-corrected chi connectivity index (χ0v) is 27.6. The van der Waals surface area contributed by atoms with Crippen LogP contribution in [0, 0.1) is 0 Å². The predicted molar refractivity (Wildman–Crippen MR) is 176 cm³/mol. The van der Waals surface area contributed by atoms with Crippen LogP contribution >= 0.6 is 46.4 Å². The molecule has 2 N–H and O–H groups in total. The van der Waals surface area contributed by atoms with Gasteiger partial charge in [0.15, 0.2) is 23.3 Å². The van der Waals surface area contributed by atoms with Crippen LogP contribution in [0.4, 0.5) is 0 Å². The molecule has 7 aromatic rings. The molecule has 45 heavy (non-hydrogen) atoms. The Kier molecular flexibility index (Phi) is 6.74. The van der Waals surface area contributed by atoms with Crippen molar-refractivity contribution in [2.45, 2.75) is 0 Å². The molecule has 2 aliphatic rings. The van der Waals surface area contributed by atoms with Gasteiger partial charge in [0.05, 0.1) is 30.9 Å². The number of nitrogens with zero attached hydrogens (tertiary/aromatic N) is 6. The van der Waals surface area contributed by atoms with Crippen molar-refractivity contribution < 1.29 is 22.4 Å². The Labute approximate surface area is 289 Å². The molecule has 0 saturated heterocycles. The molecule has 221 valence electrons. The Bertz CT molecular complexity index is 2410. The maximum atomic E-state index is 6.80. The number of aromatic amines is 2. The quantitative estimate of drug-likeness (QED) is 0.0895. The first-order chi connectivity index (χ1) is 21.5. The standard InChI is InChI=1S/C32H14Cl4N8.Au/c33-21-19-20(22(34)24(36)23(21)35)32-43-30-18-12-6-4-10-16(18)28(41-30)39-26-14-8-2-1-7-13(14)25(37-26)38-27-15-9-3-5-11-17(15)29(40-27)42-31(19)44-32;/h1-12H,(H2,37,38,39,40,41,42,43,44);. The Balaban J connectivity index is 0.00000300. The fourth-order valence-electron chi connectivity index (χ4n) is 5.75. The van der Waals surface area contributed by atoms with Gasteiger partial charge in [-0.05, 0) is 0 Å². The summed E-state index contributed by atoms with van der Waals surface area (Å²) in [5.41, 5.74) is 5.20. The number of aromatic nitrogens is 8. The van der Waals surface area contributed by atoms with E-state index in [9.17, 15) is 0 Å². The van der Waals surface area contributed by atoms with Crippen LogP contribution in [0.5, 0.6) is 0 Å². The van der Waals surface area contributed by atoms with Gasteiger partial charge in [0.25, 0.3) is 0 Å². The van der Waals surface area contributed by atoms with Gasteiger partial charge in [-0.2, -0.15) is 0 Å². The van der Waals surface area contributed by atoms with E-state index in [1.165, 1.54) is 0 Å². The molecule has 1 radical (unpaired) electrons. The van der Waals surface area contributed by atoms with Crippen LogP contribution in [0.3, 0.4) is 0 Å². The Hall–Kier alpha value is -3.86. The second kappa shape index (κ2) is 10.6. The molecule has 0 saturated carbocycles. The zero-order valence-electron chi connectivity index (χ0n) is 22.4. The summed E-state index contributed by atoms with van der Waals surface area (Å²) >= 11 is 26.7. The number of hydrogen-bond donors (Lipinski definition) is 2. The number of hydrogen-bond acceptors (Lipinski definition) is 6. The fraction of sp³-hybridized carbons (Fsp3) is 0. The average molecular weight is 849 g/mol. The summed E-state index contributed by atoms with van der Waals surface area (Å²) in [5, 5.41) is 3.31. The van der Waals surface area contributed by atoms with E-state index in [2.05, 4.69) is 9.97 Å². The van der Waals surface area contributed by atoms with Crippen LogP contribution < -0.4 is 0 Å². The Morgan fingerprint density at radius 3 is 1.07 bits per heavy atom. The van der Waals surface area contributed by atoms with E-state index in [0.717, 1.165) is 33.0 Å². The summed E-state index contributed by atoms with van der Waals surface area (Å²) in [7, 11) is 0. The third-order valence-corrected chi connectivity index (χ3v) is 9.57. The largest absolute Gasteiger partial charge is 0.324 e. The van der Waals surface area contributed by atoms with Gasteiger partial charge in [-0.25, -0.2) is 29.9 Å². The molecule has 5 heterocycles. The summed E-state index contributed by atoms with van der Waals surface area (Å²) in [6.07, 6.45) is 0. The fourth-order valence-corrected chi connectivity index (χ4v) is 6.78. The average Bonchev–Trinajstić information content (AvgIpc) is 3.78. The Morgan fingerprint density at radius 2 is 0.689 bits per heavy atom. The first-order valence-electron chi connectivity index (χ1n) is 13.4. The topological polar surface area (TPSA) is 109 Å². The first-order valence-corrected chi connectivity index (χ1v) is 14.9. The smallest absolute Gasteiger partial charge is 0.164 e. The molecule has 8 nitrogen and oxygen atoms in total. The van der Waals surface area contributed by atoms with Crippen molar-refractivity contribution in [1.29, 1.82) is 0 Å². The summed E-state index contributed by atoms with van der Waals surface area (Å²) in [5.74, 6) is 1.85. The van der Waals surface area contributed by atoms with E-state index in [0.29, 0.717) is 56.7 Å². The van der Waals surface area contributed by atoms with Gasteiger partial charge in [-0.3, -0.25) is 0 Å². The summed E-state index contributed by atoms with van der Waals surface area (Å²) in [6.45, 7) is 0. The minimum atomic E-state index is 0. The molecule has 0 spiro atoms. The SMILES string of the molecule is Clc1c(Cl)c(Cl)c2c3nc4nc(nc5[nH]c(nc6nc(nc([nH]3)c2c1Cl)-c1ccccc1-6)c1ccccc51)-c1ccccc1-4.[Au]. The molecule has 4 aromatic carbocycles. The van der Waals surface area contributed by atoms with Gasteiger partial charge < -0.3 is 9.97 Å². The van der Waals surface area contributed by atoms with Crippen molar-refractivity contribution in [3.63, 3.8) is 0 Å². The molecule has 8 bridgehead atoms. The molecule has 9 rings (SSSR count). The van der Waals surface area contributed by atoms with Crippen LogP contribution in [0.2, 0.25) is 20.1 Å². The van der Waals surface area contributed by atoms with Crippen LogP contribution in [0.25, 0.3) is 89.7 Å². The number of H-pyrrole nitrogens is 2. The molecule has 0 atom stereocenters. The van der Waals surface area contributed by atoms with Crippen LogP contribution in [-0.4, -0.2) is 39.9 Å². The van der Waals surface area contributed by atoms with Gasteiger partial charge in [0.2, 0.25) is 0 Å². The molecule has 0 unspecified atom stereocenters. The normalized spacial score (nSPS) is 11.8. The molecular formula is C32H14AuCl4N8. The molecule has 0 aliphatic carbocycles. The van der Waals surface area contributed by atoms with Crippen molar-refractivity contribution in [2.24, 2.45) is 0 Å². The number of rotatable bonds is 0. The van der Waals surface area contributed by atoms with Crippen molar-refractivity contribution in [3.05, 3.63) is 92.9 Å². The summed E-state index contributed by atoms with van der Waals surface area (Å²) in [6, 6.07) is 23.4. The molecule has 13 heteroatoms. The maximum Gasteiger partial charge on any atom is 0.164 e. The van der Waals surface area contributed by atoms with E-state index in [1.807, 2.05) is 72.8 Å². The minimum Gasteiger partial charge on any atom is -0.324 e. The Morgan fingerprint density at radius 1 is 0.378 bits per heavy atom. The first kappa shape index (κ1) is 28.6. The van der Waals surface area contributed by atoms with Gasteiger partial charge in [-0.15, -0.1) is 0 Å². The summed E-state index contributed by atoms with van der Waals surface area (Å²) < 4.78 is 0. The van der Waals surface area contributed by atoms with Gasteiger partial charge >= 0.3 is 0 Å². The third-order valence-electron chi connectivity index (χ3n) is 7.76. The molecule has 3 aromatic heterocycles. The number of benzene rings is 4.